The number of fused-ring (bicyclic) bond motifs is 1. The first kappa shape index (κ1) is 32.8. The average molecular weight is 555 g/mol. The maximum absolute atomic E-state index is 12.8. The molecule has 8 heteroatoms. The summed E-state index contributed by atoms with van der Waals surface area (Å²) in [5, 5.41) is 12.2. The predicted molar refractivity (Wildman–Crippen MR) is 160 cm³/mol. The van der Waals surface area contributed by atoms with Crippen LogP contribution >= 0.6 is 0 Å². The molecule has 1 aliphatic heterocycles. The quantitative estimate of drug-likeness (QED) is 0.439. The zero-order valence-corrected chi connectivity index (χ0v) is 24.5. The Bertz CT molecular complexity index is 1060. The molecule has 0 saturated heterocycles. The van der Waals surface area contributed by atoms with Crippen molar-refractivity contribution in [2.45, 2.75) is 59.4 Å². The van der Waals surface area contributed by atoms with Crippen LogP contribution in [0.3, 0.4) is 0 Å². The Morgan fingerprint density at radius 2 is 1.77 bits per heavy atom. The molecule has 220 valence electrons. The second-order valence-corrected chi connectivity index (χ2v) is 10.2. The number of carbonyl (C=O) groups is 2. The summed E-state index contributed by atoms with van der Waals surface area (Å²) in [6.45, 7) is 14.3. The Kier molecular flexibility index (Phi) is 14.8. The molecule has 4 N–H and O–H groups in total. The summed E-state index contributed by atoms with van der Waals surface area (Å²) >= 11 is 0. The maximum Gasteiger partial charge on any atom is 0.242 e. The molecule has 2 unspecified atom stereocenters. The molecule has 0 bridgehead atoms. The third-order valence-corrected chi connectivity index (χ3v) is 6.44. The number of carbonyl (C=O) groups excluding carboxylic acids is 2. The van der Waals surface area contributed by atoms with Gasteiger partial charge in [0.05, 0.1) is 6.54 Å². The molecule has 0 spiro atoms. The lowest BCUT2D eigenvalue weighted by Crippen LogP contribution is -2.50. The van der Waals surface area contributed by atoms with E-state index in [9.17, 15) is 14.0 Å². The van der Waals surface area contributed by atoms with Crippen LogP contribution in [0.25, 0.3) is 0 Å². The third kappa shape index (κ3) is 13.1. The predicted octanol–water partition coefficient (Wildman–Crippen LogP) is 4.51. The van der Waals surface area contributed by atoms with Gasteiger partial charge in [0.2, 0.25) is 11.8 Å². The van der Waals surface area contributed by atoms with Crippen LogP contribution < -0.4 is 26.0 Å². The van der Waals surface area contributed by atoms with E-state index in [0.717, 1.165) is 41.8 Å². The first-order chi connectivity index (χ1) is 19.3. The Labute approximate surface area is 239 Å². The van der Waals surface area contributed by atoms with Gasteiger partial charge in [-0.15, -0.1) is 0 Å². The highest BCUT2D eigenvalue weighted by Gasteiger charge is 2.30. The summed E-state index contributed by atoms with van der Waals surface area (Å²) in [4.78, 5) is 25.1. The Morgan fingerprint density at radius 1 is 1.02 bits per heavy atom. The first-order valence-corrected chi connectivity index (χ1v) is 14.4. The summed E-state index contributed by atoms with van der Waals surface area (Å²) < 4.78 is 18.1. The van der Waals surface area contributed by atoms with Crippen molar-refractivity contribution in [2.75, 3.05) is 32.8 Å². The lowest BCUT2D eigenvalue weighted by Gasteiger charge is -2.21. The number of hydrogen-bond acceptors (Lipinski definition) is 5. The maximum atomic E-state index is 12.8. The number of aryl methyl sites for hydroxylation is 1. The Morgan fingerprint density at radius 3 is 2.45 bits per heavy atom. The first-order valence-electron chi connectivity index (χ1n) is 14.4. The summed E-state index contributed by atoms with van der Waals surface area (Å²) in [6, 6.07) is 14.1. The second kappa shape index (κ2) is 18.1. The molecule has 0 radical (unpaired) electrons. The summed E-state index contributed by atoms with van der Waals surface area (Å²) in [5.74, 6) is 1.21. The molecule has 40 heavy (non-hydrogen) atoms. The molecule has 0 aromatic heterocycles. The number of benzene rings is 2. The smallest absolute Gasteiger partial charge is 0.242 e. The fourth-order valence-electron chi connectivity index (χ4n) is 4.17. The SMILES string of the molecule is C=C1CNCCOc2ccccc2CC(C)CNC(=O)C(CC2CC2)NC(=O)CN1.CC.Cc1cccc(F)c1. The van der Waals surface area contributed by atoms with Gasteiger partial charge in [-0.3, -0.25) is 9.59 Å². The largest absolute Gasteiger partial charge is 0.492 e. The summed E-state index contributed by atoms with van der Waals surface area (Å²) in [6.07, 6.45) is 3.77. The van der Waals surface area contributed by atoms with Gasteiger partial charge in [0, 0.05) is 25.3 Å². The molecule has 2 aromatic rings. The van der Waals surface area contributed by atoms with E-state index in [1.54, 1.807) is 6.07 Å². The fraction of sp³-hybridized carbons (Fsp3) is 0.500. The van der Waals surface area contributed by atoms with Crippen molar-refractivity contribution in [1.29, 1.82) is 0 Å². The standard InChI is InChI=1S/C23H34N4O3.C7H7F.C2H6/c1-16-11-19-5-3-4-6-21(19)30-10-9-24-14-17(2)25-15-22(28)27-20(12-18-7-8-18)23(29)26-13-16;1-6-3-2-4-7(8)5-6;1-2/h3-6,16,18,20,24-25H,2,7-15H2,1H3,(H,26,29)(H,27,28);2-5H,1H3;1-2H3. The van der Waals surface area contributed by atoms with Crippen LogP contribution in [0.4, 0.5) is 4.39 Å². The molecule has 7 nitrogen and oxygen atoms in total. The molecule has 1 fully saturated rings. The average Bonchev–Trinajstić information content (AvgIpc) is 3.76. The highest BCUT2D eigenvalue weighted by Crippen LogP contribution is 2.33. The van der Waals surface area contributed by atoms with Crippen molar-refractivity contribution in [3.63, 3.8) is 0 Å². The van der Waals surface area contributed by atoms with Crippen LogP contribution in [0.1, 0.15) is 51.2 Å². The summed E-state index contributed by atoms with van der Waals surface area (Å²) in [5.41, 5.74) is 2.82. The zero-order valence-electron chi connectivity index (χ0n) is 24.5. The number of halogens is 1. The molecule has 1 heterocycles. The molecule has 2 atom stereocenters. The minimum Gasteiger partial charge on any atom is -0.492 e. The van der Waals surface area contributed by atoms with Gasteiger partial charge < -0.3 is 26.0 Å². The number of nitrogens with one attached hydrogen (secondary N) is 4. The van der Waals surface area contributed by atoms with Crippen molar-refractivity contribution in [2.24, 2.45) is 11.8 Å². The minimum absolute atomic E-state index is 0.103. The van der Waals surface area contributed by atoms with Gasteiger partial charge in [-0.1, -0.05) is 70.5 Å². The van der Waals surface area contributed by atoms with Crippen LogP contribution in [0, 0.1) is 24.6 Å². The molecule has 2 aliphatic rings. The van der Waals surface area contributed by atoms with Crippen LogP contribution in [0.15, 0.2) is 60.8 Å². The molecule has 1 aliphatic carbocycles. The molecule has 4 rings (SSSR count). The minimum atomic E-state index is -0.486. The van der Waals surface area contributed by atoms with E-state index in [0.29, 0.717) is 38.6 Å². The molecular weight excluding hydrogens is 507 g/mol. The van der Waals surface area contributed by atoms with Crippen molar-refractivity contribution < 1.29 is 18.7 Å². The van der Waals surface area contributed by atoms with Gasteiger partial charge in [0.15, 0.2) is 0 Å². The number of ether oxygens (including phenoxy) is 1. The monoisotopic (exact) mass is 554 g/mol. The van der Waals surface area contributed by atoms with Crippen LogP contribution in [-0.4, -0.2) is 50.6 Å². The molecule has 2 amide bonds. The lowest BCUT2D eigenvalue weighted by molar-refractivity contribution is -0.128. The topological polar surface area (TPSA) is 91.5 Å². The van der Waals surface area contributed by atoms with Gasteiger partial charge in [0.25, 0.3) is 0 Å². The van der Waals surface area contributed by atoms with Crippen LogP contribution in [0.2, 0.25) is 0 Å². The van der Waals surface area contributed by atoms with E-state index < -0.39 is 6.04 Å². The highest BCUT2D eigenvalue weighted by molar-refractivity contribution is 5.88. The van der Waals surface area contributed by atoms with Gasteiger partial charge >= 0.3 is 0 Å². The number of rotatable bonds is 2. The Hall–Kier alpha value is -3.39. The molecule has 2 aromatic carbocycles. The van der Waals surface area contributed by atoms with Crippen molar-refractivity contribution in [3.8, 4) is 5.75 Å². The van der Waals surface area contributed by atoms with E-state index in [2.05, 4.69) is 40.8 Å². The fourth-order valence-corrected chi connectivity index (χ4v) is 4.17. The lowest BCUT2D eigenvalue weighted by atomic mass is 10.00. The molecular formula is C32H47FN4O3. The van der Waals surface area contributed by atoms with Gasteiger partial charge in [-0.05, 0) is 60.9 Å². The van der Waals surface area contributed by atoms with E-state index in [4.69, 9.17) is 4.74 Å². The highest BCUT2D eigenvalue weighted by atomic mass is 19.1. The number of para-hydroxylation sites is 1. The normalized spacial score (nSPS) is 20.7. The van der Waals surface area contributed by atoms with Crippen molar-refractivity contribution in [3.05, 3.63) is 77.8 Å². The van der Waals surface area contributed by atoms with E-state index in [1.807, 2.05) is 45.0 Å². The second-order valence-electron chi connectivity index (χ2n) is 10.2. The molecule has 1 saturated carbocycles. The summed E-state index contributed by atoms with van der Waals surface area (Å²) in [7, 11) is 0. The third-order valence-electron chi connectivity index (χ3n) is 6.44. The van der Waals surface area contributed by atoms with Crippen molar-refractivity contribution in [1.82, 2.24) is 21.3 Å². The van der Waals surface area contributed by atoms with E-state index in [-0.39, 0.29) is 30.1 Å². The zero-order chi connectivity index (χ0) is 29.3. The Balaban J connectivity index is 0.000000475. The van der Waals surface area contributed by atoms with Crippen LogP contribution in [-0.2, 0) is 16.0 Å². The van der Waals surface area contributed by atoms with Gasteiger partial charge in [0.1, 0.15) is 24.2 Å². The number of amides is 2. The van der Waals surface area contributed by atoms with Gasteiger partial charge in [-0.2, -0.15) is 0 Å². The number of hydrogen-bond donors (Lipinski definition) is 4. The van der Waals surface area contributed by atoms with E-state index >= 15 is 0 Å². The van der Waals surface area contributed by atoms with Gasteiger partial charge in [-0.25, -0.2) is 4.39 Å². The van der Waals surface area contributed by atoms with E-state index in [1.165, 1.54) is 12.1 Å². The van der Waals surface area contributed by atoms with Crippen molar-refractivity contribution >= 4 is 11.8 Å². The van der Waals surface area contributed by atoms with Crippen LogP contribution in [0.5, 0.6) is 5.75 Å².